The lowest BCUT2D eigenvalue weighted by Crippen LogP contribution is -2.40. The van der Waals surface area contributed by atoms with Crippen LogP contribution in [0.5, 0.6) is 0 Å². The summed E-state index contributed by atoms with van der Waals surface area (Å²) in [6.07, 6.45) is 0. The molecule has 3 rings (SSSR count). The molecule has 0 saturated carbocycles. The van der Waals surface area contributed by atoms with Crippen molar-refractivity contribution in [1.82, 2.24) is 5.06 Å². The monoisotopic (exact) mass is 501 g/mol. The zero-order valence-corrected chi connectivity index (χ0v) is 24.7. The molecule has 3 aromatic rings. The standard InChI is InChI=1S/C30H39NO2Si2/c1-22-21-24(30(32)31(2)33-3)19-20-25(22)28(26-17-13-14-18-27(26)34(4,5)6)29(35(7,8)9)23-15-11-10-12-16-23/h10-21H,1-9H3/b29-28-. The molecule has 0 saturated heterocycles. The lowest BCUT2D eigenvalue weighted by Gasteiger charge is -2.30. The zero-order chi connectivity index (χ0) is 26.0. The summed E-state index contributed by atoms with van der Waals surface area (Å²) >= 11 is 0. The minimum atomic E-state index is -1.82. The van der Waals surface area contributed by atoms with Crippen molar-refractivity contribution in [3.8, 4) is 0 Å². The highest BCUT2D eigenvalue weighted by Gasteiger charge is 2.30. The third-order valence-electron chi connectivity index (χ3n) is 6.37. The molecule has 1 amide bonds. The molecule has 3 aromatic carbocycles. The van der Waals surface area contributed by atoms with Crippen molar-refractivity contribution in [2.45, 2.75) is 46.2 Å². The van der Waals surface area contributed by atoms with E-state index in [-0.39, 0.29) is 5.91 Å². The van der Waals surface area contributed by atoms with Gasteiger partial charge in [-0.2, -0.15) is 0 Å². The van der Waals surface area contributed by atoms with Gasteiger partial charge in [-0.3, -0.25) is 9.63 Å². The van der Waals surface area contributed by atoms with Crippen molar-refractivity contribution >= 4 is 38.0 Å². The van der Waals surface area contributed by atoms with Crippen LogP contribution in [0.25, 0.3) is 10.8 Å². The highest BCUT2D eigenvalue weighted by Crippen LogP contribution is 2.39. The second kappa shape index (κ2) is 10.5. The van der Waals surface area contributed by atoms with E-state index in [0.717, 1.165) is 5.56 Å². The molecule has 0 bridgehead atoms. The van der Waals surface area contributed by atoms with Gasteiger partial charge in [0.2, 0.25) is 0 Å². The summed E-state index contributed by atoms with van der Waals surface area (Å²) < 4.78 is 0. The van der Waals surface area contributed by atoms with Crippen molar-refractivity contribution in [2.75, 3.05) is 14.2 Å². The van der Waals surface area contributed by atoms with E-state index in [1.807, 2.05) is 12.1 Å². The molecule has 0 spiro atoms. The first-order valence-electron chi connectivity index (χ1n) is 12.2. The maximum atomic E-state index is 12.8. The number of aryl methyl sites for hydroxylation is 1. The van der Waals surface area contributed by atoms with Crippen LogP contribution in [0.3, 0.4) is 0 Å². The summed E-state index contributed by atoms with van der Waals surface area (Å²) in [7, 11) is -0.316. The molecule has 0 N–H and O–H groups in total. The minimum absolute atomic E-state index is 0.149. The fraction of sp³-hybridized carbons (Fsp3) is 0.300. The van der Waals surface area contributed by atoms with Crippen molar-refractivity contribution in [3.05, 3.63) is 101 Å². The molecule has 0 aliphatic heterocycles. The largest absolute Gasteiger partial charge is 0.277 e. The van der Waals surface area contributed by atoms with E-state index in [1.54, 1.807) is 7.05 Å². The maximum Gasteiger partial charge on any atom is 0.277 e. The van der Waals surface area contributed by atoms with Gasteiger partial charge in [0.25, 0.3) is 5.91 Å². The van der Waals surface area contributed by atoms with Crippen LogP contribution in [0.2, 0.25) is 39.3 Å². The smallest absolute Gasteiger partial charge is 0.274 e. The van der Waals surface area contributed by atoms with Crippen LogP contribution in [0.1, 0.15) is 32.6 Å². The molecule has 0 radical (unpaired) electrons. The molecule has 5 heteroatoms. The average Bonchev–Trinajstić information content (AvgIpc) is 2.81. The summed E-state index contributed by atoms with van der Waals surface area (Å²) in [5, 5.41) is 4.17. The van der Waals surface area contributed by atoms with Crippen molar-refractivity contribution in [1.29, 1.82) is 0 Å². The third-order valence-corrected chi connectivity index (χ3v) is 10.5. The van der Waals surface area contributed by atoms with Crippen molar-refractivity contribution in [2.24, 2.45) is 0 Å². The Bertz CT molecular complexity index is 1240. The number of hydrogen-bond acceptors (Lipinski definition) is 2. The number of carbonyl (C=O) groups excluding carboxylic acids is 1. The normalized spacial score (nSPS) is 12.8. The molecule has 0 fully saturated rings. The molecule has 0 unspecified atom stereocenters. The minimum Gasteiger partial charge on any atom is -0.274 e. The van der Waals surface area contributed by atoms with E-state index in [9.17, 15) is 4.79 Å². The number of amides is 1. The van der Waals surface area contributed by atoms with Crippen LogP contribution in [0.15, 0.2) is 72.8 Å². The Morgan fingerprint density at radius 2 is 1.37 bits per heavy atom. The third kappa shape index (κ3) is 5.92. The number of benzene rings is 3. The lowest BCUT2D eigenvalue weighted by molar-refractivity contribution is -0.0757. The Morgan fingerprint density at radius 3 is 1.91 bits per heavy atom. The summed E-state index contributed by atoms with van der Waals surface area (Å²) in [5.41, 5.74) is 6.82. The first kappa shape index (κ1) is 26.9. The topological polar surface area (TPSA) is 29.5 Å². The van der Waals surface area contributed by atoms with E-state index in [0.29, 0.717) is 5.56 Å². The SMILES string of the molecule is CON(C)C(=O)c1ccc(/C(=C(\c2ccccc2)[Si](C)(C)C)c2ccccc2[Si](C)(C)C)c(C)c1. The van der Waals surface area contributed by atoms with Gasteiger partial charge >= 0.3 is 0 Å². The Labute approximate surface area is 213 Å². The molecule has 0 atom stereocenters. The number of nitrogens with zero attached hydrogens (tertiary/aromatic N) is 1. The van der Waals surface area contributed by atoms with Crippen LogP contribution >= 0.6 is 0 Å². The van der Waals surface area contributed by atoms with Gasteiger partial charge in [0, 0.05) is 12.6 Å². The highest BCUT2D eigenvalue weighted by molar-refractivity contribution is 6.95. The number of rotatable bonds is 7. The van der Waals surface area contributed by atoms with Gasteiger partial charge in [-0.15, -0.1) is 0 Å². The lowest BCUT2D eigenvalue weighted by atomic mass is 9.91. The van der Waals surface area contributed by atoms with Gasteiger partial charge in [-0.1, -0.05) is 105 Å². The fourth-order valence-electron chi connectivity index (χ4n) is 4.67. The fourth-order valence-corrected chi connectivity index (χ4v) is 8.33. The van der Waals surface area contributed by atoms with Gasteiger partial charge in [-0.25, -0.2) is 5.06 Å². The predicted molar refractivity (Wildman–Crippen MR) is 155 cm³/mol. The summed E-state index contributed by atoms with van der Waals surface area (Å²) in [5.74, 6) is -0.149. The summed E-state index contributed by atoms with van der Waals surface area (Å²) in [6, 6.07) is 25.8. The molecular weight excluding hydrogens is 463 g/mol. The molecule has 0 aliphatic rings. The van der Waals surface area contributed by atoms with E-state index < -0.39 is 16.1 Å². The Kier molecular flexibility index (Phi) is 8.05. The van der Waals surface area contributed by atoms with E-state index >= 15 is 0 Å². The van der Waals surface area contributed by atoms with Crippen LogP contribution in [-0.2, 0) is 4.84 Å². The van der Waals surface area contributed by atoms with Crippen LogP contribution < -0.4 is 5.19 Å². The Morgan fingerprint density at radius 1 is 0.771 bits per heavy atom. The quantitative estimate of drug-likeness (QED) is 0.198. The Balaban J connectivity index is 2.44. The molecular formula is C30H39NO2Si2. The summed E-state index contributed by atoms with van der Waals surface area (Å²) in [4.78, 5) is 17.9. The first-order chi connectivity index (χ1) is 16.4. The van der Waals surface area contributed by atoms with Crippen LogP contribution in [0.4, 0.5) is 0 Å². The van der Waals surface area contributed by atoms with Gasteiger partial charge in [0.1, 0.15) is 0 Å². The predicted octanol–water partition coefficient (Wildman–Crippen LogP) is 7.01. The van der Waals surface area contributed by atoms with Crippen LogP contribution in [-0.4, -0.2) is 41.3 Å². The molecule has 0 heterocycles. The van der Waals surface area contributed by atoms with E-state index in [2.05, 4.69) is 107 Å². The molecule has 3 nitrogen and oxygen atoms in total. The van der Waals surface area contributed by atoms with Crippen molar-refractivity contribution in [3.63, 3.8) is 0 Å². The summed E-state index contributed by atoms with van der Waals surface area (Å²) in [6.45, 7) is 16.6. The van der Waals surface area contributed by atoms with Gasteiger partial charge in [0.15, 0.2) is 0 Å². The first-order valence-corrected chi connectivity index (χ1v) is 19.2. The van der Waals surface area contributed by atoms with Crippen LogP contribution in [0, 0.1) is 6.92 Å². The number of hydroxylamine groups is 2. The molecule has 184 valence electrons. The second-order valence-corrected chi connectivity index (χ2v) is 21.2. The van der Waals surface area contributed by atoms with Gasteiger partial charge in [-0.05, 0) is 52.1 Å². The average molecular weight is 502 g/mol. The van der Waals surface area contributed by atoms with Gasteiger partial charge < -0.3 is 0 Å². The van der Waals surface area contributed by atoms with Crippen molar-refractivity contribution < 1.29 is 9.63 Å². The molecule has 0 aliphatic carbocycles. The number of carbonyl (C=O) groups is 1. The highest BCUT2D eigenvalue weighted by atomic mass is 28.3. The zero-order valence-electron chi connectivity index (χ0n) is 22.7. The molecule has 35 heavy (non-hydrogen) atoms. The second-order valence-electron chi connectivity index (χ2n) is 11.2. The number of hydrogen-bond donors (Lipinski definition) is 0. The molecule has 0 aromatic heterocycles. The van der Waals surface area contributed by atoms with E-state index in [1.165, 1.54) is 44.8 Å². The Hall–Kier alpha value is -2.74. The maximum absolute atomic E-state index is 12.8. The van der Waals surface area contributed by atoms with E-state index in [4.69, 9.17) is 4.84 Å². The van der Waals surface area contributed by atoms with Gasteiger partial charge in [0.05, 0.1) is 23.3 Å².